The van der Waals surface area contributed by atoms with E-state index in [4.69, 9.17) is 4.74 Å². The van der Waals surface area contributed by atoms with Crippen LogP contribution in [0.1, 0.15) is 18.9 Å². The summed E-state index contributed by atoms with van der Waals surface area (Å²) in [7, 11) is 1.36. The standard InChI is InChI=1S/C14H14FN3O4S/c1-7(8-3-4-10(22-2)9(15)5-8)17-18-14-16-12(19)6-11(23-14)13(20)21/h3-5,11H,6H2,1-2H3,(H,20,21)(H,16,18,19)/p-1/b17-7-/t11-/m0/s1. The summed E-state index contributed by atoms with van der Waals surface area (Å²) in [6.07, 6.45) is -0.182. The van der Waals surface area contributed by atoms with Crippen molar-refractivity contribution in [3.63, 3.8) is 0 Å². The van der Waals surface area contributed by atoms with E-state index in [2.05, 4.69) is 15.5 Å². The predicted octanol–water partition coefficient (Wildman–Crippen LogP) is 0.286. The average molecular weight is 338 g/mol. The Morgan fingerprint density at radius 3 is 2.87 bits per heavy atom. The first kappa shape index (κ1) is 16.9. The van der Waals surface area contributed by atoms with Crippen molar-refractivity contribution in [2.75, 3.05) is 7.11 Å². The third kappa shape index (κ3) is 4.28. The fourth-order valence-electron chi connectivity index (χ4n) is 1.79. The normalized spacial score (nSPS) is 20.3. The van der Waals surface area contributed by atoms with Crippen LogP contribution in [0.5, 0.6) is 5.75 Å². The number of halogens is 1. The molecule has 0 unspecified atom stereocenters. The summed E-state index contributed by atoms with van der Waals surface area (Å²) in [5, 5.41) is 20.0. The van der Waals surface area contributed by atoms with E-state index in [-0.39, 0.29) is 17.3 Å². The molecule has 0 saturated carbocycles. The van der Waals surface area contributed by atoms with Crippen LogP contribution in [0.15, 0.2) is 28.4 Å². The third-order valence-corrected chi connectivity index (χ3v) is 4.04. The van der Waals surface area contributed by atoms with Crippen LogP contribution in [0.3, 0.4) is 0 Å². The largest absolute Gasteiger partial charge is 0.549 e. The maximum Gasteiger partial charge on any atom is 0.227 e. The number of benzene rings is 1. The maximum absolute atomic E-state index is 13.6. The average Bonchev–Trinajstić information content (AvgIpc) is 2.52. The molecular weight excluding hydrogens is 325 g/mol. The molecule has 0 radical (unpaired) electrons. The summed E-state index contributed by atoms with van der Waals surface area (Å²) >= 11 is 0.845. The van der Waals surface area contributed by atoms with Gasteiger partial charge in [0.2, 0.25) is 5.91 Å². The summed E-state index contributed by atoms with van der Waals surface area (Å²) in [5.74, 6) is -2.24. The molecule has 1 saturated heterocycles. The van der Waals surface area contributed by atoms with E-state index in [0.717, 1.165) is 11.8 Å². The number of amidine groups is 1. The third-order valence-electron chi connectivity index (χ3n) is 2.99. The molecule has 1 N–H and O–H groups in total. The van der Waals surface area contributed by atoms with Gasteiger partial charge in [0.05, 0.1) is 24.0 Å². The number of carboxylic acid groups (broad SMARTS) is 1. The smallest absolute Gasteiger partial charge is 0.227 e. The van der Waals surface area contributed by atoms with Crippen LogP contribution in [0.2, 0.25) is 0 Å². The molecule has 0 aromatic heterocycles. The molecular formula is C14H13FN3O4S-. The number of nitrogens with zero attached hydrogens (tertiary/aromatic N) is 2. The number of hydrogen-bond donors (Lipinski definition) is 1. The van der Waals surface area contributed by atoms with Crippen LogP contribution in [-0.4, -0.2) is 35.1 Å². The molecule has 0 aliphatic carbocycles. The first-order valence-corrected chi connectivity index (χ1v) is 7.42. The minimum absolute atomic E-state index is 0.0591. The van der Waals surface area contributed by atoms with Crippen LogP contribution < -0.4 is 15.2 Å². The maximum atomic E-state index is 13.6. The number of thioether (sulfide) groups is 1. The van der Waals surface area contributed by atoms with Gasteiger partial charge in [0, 0.05) is 12.0 Å². The molecule has 23 heavy (non-hydrogen) atoms. The van der Waals surface area contributed by atoms with Gasteiger partial charge in [-0.1, -0.05) is 11.8 Å². The van der Waals surface area contributed by atoms with Crippen molar-refractivity contribution in [1.82, 2.24) is 5.32 Å². The number of aliphatic carboxylic acids is 1. The highest BCUT2D eigenvalue weighted by atomic mass is 32.2. The van der Waals surface area contributed by atoms with E-state index in [1.165, 1.54) is 19.2 Å². The molecule has 0 spiro atoms. The zero-order chi connectivity index (χ0) is 17.0. The van der Waals surface area contributed by atoms with E-state index in [1.807, 2.05) is 0 Å². The molecule has 1 fully saturated rings. The van der Waals surface area contributed by atoms with Crippen molar-refractivity contribution < 1.29 is 23.8 Å². The van der Waals surface area contributed by atoms with Crippen molar-refractivity contribution in [2.45, 2.75) is 18.6 Å². The Bertz CT molecular complexity index is 705. The first-order chi connectivity index (χ1) is 10.9. The second kappa shape index (κ2) is 7.23. The number of methoxy groups -OCH3 is 1. The molecule has 1 aliphatic rings. The predicted molar refractivity (Wildman–Crippen MR) is 81.7 cm³/mol. The molecule has 1 heterocycles. The molecule has 1 aromatic rings. The van der Waals surface area contributed by atoms with Crippen LogP contribution in [0.4, 0.5) is 4.39 Å². The second-order valence-corrected chi connectivity index (χ2v) is 5.81. The Morgan fingerprint density at radius 2 is 2.26 bits per heavy atom. The highest BCUT2D eigenvalue weighted by Crippen LogP contribution is 2.21. The van der Waals surface area contributed by atoms with Gasteiger partial charge >= 0.3 is 0 Å². The summed E-state index contributed by atoms with van der Waals surface area (Å²) in [4.78, 5) is 22.3. The molecule has 2 rings (SSSR count). The highest BCUT2D eigenvalue weighted by molar-refractivity contribution is 8.15. The van der Waals surface area contributed by atoms with E-state index in [9.17, 15) is 19.1 Å². The van der Waals surface area contributed by atoms with Gasteiger partial charge in [-0.05, 0) is 25.1 Å². The van der Waals surface area contributed by atoms with Gasteiger partial charge in [-0.25, -0.2) is 4.39 Å². The summed E-state index contributed by atoms with van der Waals surface area (Å²) < 4.78 is 18.5. The Kier molecular flexibility index (Phi) is 5.32. The van der Waals surface area contributed by atoms with Gasteiger partial charge in [0.25, 0.3) is 0 Å². The van der Waals surface area contributed by atoms with Crippen molar-refractivity contribution in [3.05, 3.63) is 29.6 Å². The van der Waals surface area contributed by atoms with Gasteiger partial charge in [-0.2, -0.15) is 5.10 Å². The van der Waals surface area contributed by atoms with Gasteiger partial charge in [-0.3, -0.25) is 4.79 Å². The van der Waals surface area contributed by atoms with Crippen molar-refractivity contribution in [3.8, 4) is 5.75 Å². The molecule has 9 heteroatoms. The SMILES string of the molecule is COc1ccc(/C(C)=N\N=C2/NC(=O)C[C@@H](C(=O)[O-])S2)cc1F. The number of nitrogens with one attached hydrogen (secondary N) is 1. The van der Waals surface area contributed by atoms with Crippen molar-refractivity contribution in [2.24, 2.45) is 10.2 Å². The first-order valence-electron chi connectivity index (χ1n) is 6.54. The van der Waals surface area contributed by atoms with Crippen LogP contribution in [0, 0.1) is 5.82 Å². The Balaban J connectivity index is 2.18. The monoisotopic (exact) mass is 338 g/mol. The molecule has 0 bridgehead atoms. The fraction of sp³-hybridized carbons (Fsp3) is 0.286. The number of amides is 1. The van der Waals surface area contributed by atoms with Gasteiger partial charge in [0.15, 0.2) is 16.7 Å². The van der Waals surface area contributed by atoms with Gasteiger partial charge < -0.3 is 20.0 Å². The number of carbonyl (C=O) groups excluding carboxylic acids is 2. The lowest BCUT2D eigenvalue weighted by Gasteiger charge is -2.22. The highest BCUT2D eigenvalue weighted by Gasteiger charge is 2.25. The van der Waals surface area contributed by atoms with E-state index in [0.29, 0.717) is 11.3 Å². The topological polar surface area (TPSA) is 103 Å². The number of rotatable bonds is 4. The minimum Gasteiger partial charge on any atom is -0.549 e. The minimum atomic E-state index is -1.34. The zero-order valence-corrected chi connectivity index (χ0v) is 13.1. The van der Waals surface area contributed by atoms with Gasteiger partial charge in [-0.15, -0.1) is 5.10 Å². The van der Waals surface area contributed by atoms with Gasteiger partial charge in [0.1, 0.15) is 0 Å². The molecule has 1 atom stereocenters. The van der Waals surface area contributed by atoms with Crippen LogP contribution >= 0.6 is 11.8 Å². The van der Waals surface area contributed by atoms with Crippen molar-refractivity contribution in [1.29, 1.82) is 0 Å². The Hall–Kier alpha value is -2.42. The summed E-state index contributed by atoms with van der Waals surface area (Å²) in [5.41, 5.74) is 0.876. The summed E-state index contributed by atoms with van der Waals surface area (Å²) in [6, 6.07) is 4.31. The summed E-state index contributed by atoms with van der Waals surface area (Å²) in [6.45, 7) is 1.61. The van der Waals surface area contributed by atoms with Crippen LogP contribution in [-0.2, 0) is 9.59 Å². The number of ether oxygens (including phenoxy) is 1. The number of carboxylic acids is 1. The molecule has 122 valence electrons. The Labute approximate surface area is 135 Å². The molecule has 1 aromatic carbocycles. The van der Waals surface area contributed by atoms with E-state index in [1.54, 1.807) is 13.0 Å². The lowest BCUT2D eigenvalue weighted by atomic mass is 10.1. The zero-order valence-electron chi connectivity index (χ0n) is 12.3. The second-order valence-electron chi connectivity index (χ2n) is 4.62. The van der Waals surface area contributed by atoms with Crippen LogP contribution in [0.25, 0.3) is 0 Å². The molecule has 7 nitrogen and oxygen atoms in total. The van der Waals surface area contributed by atoms with E-state index >= 15 is 0 Å². The fourth-order valence-corrected chi connectivity index (χ4v) is 2.66. The lowest BCUT2D eigenvalue weighted by molar-refractivity contribution is -0.304. The number of carbonyl (C=O) groups is 2. The Morgan fingerprint density at radius 1 is 1.52 bits per heavy atom. The van der Waals surface area contributed by atoms with E-state index < -0.39 is 22.9 Å². The quantitative estimate of drug-likeness (QED) is 0.628. The molecule has 1 amide bonds. The lowest BCUT2D eigenvalue weighted by Crippen LogP contribution is -2.44. The molecule has 1 aliphatic heterocycles. The van der Waals surface area contributed by atoms with Crippen molar-refractivity contribution >= 4 is 34.5 Å². The number of hydrogen-bond acceptors (Lipinski definition) is 7.